The van der Waals surface area contributed by atoms with E-state index in [2.05, 4.69) is 0 Å². The number of nitrogens with zero attached hydrogens (tertiary/aromatic N) is 1. The number of carbonyl (C=O) groups is 1. The molecule has 1 heterocycles. The van der Waals surface area contributed by atoms with Crippen LogP contribution in [0.5, 0.6) is 0 Å². The summed E-state index contributed by atoms with van der Waals surface area (Å²) in [6.07, 6.45) is 0. The van der Waals surface area contributed by atoms with Gasteiger partial charge in [-0.2, -0.15) is 0 Å². The van der Waals surface area contributed by atoms with Gasteiger partial charge >= 0.3 is 0 Å². The fourth-order valence-corrected chi connectivity index (χ4v) is 0.946. The Kier molecular flexibility index (Phi) is 1.45. The Hall–Kier alpha value is -0.570. The van der Waals surface area contributed by atoms with E-state index in [0.29, 0.717) is 6.04 Å². The first-order valence-corrected chi connectivity index (χ1v) is 3.19. The van der Waals surface area contributed by atoms with E-state index in [1.807, 2.05) is 13.8 Å². The first-order chi connectivity index (χ1) is 4.13. The molecule has 1 atom stereocenters. The van der Waals surface area contributed by atoms with Gasteiger partial charge in [0.05, 0.1) is 0 Å². The van der Waals surface area contributed by atoms with Crippen LogP contribution in [0.3, 0.4) is 0 Å². The standard InChI is InChI=1S/C6H12N2O/c1-4(2)8-3-5(7)6(8)9/h4-5H,3,7H2,1-2H3. The SMILES string of the molecule is CC(C)N1CC(N)C1=O. The predicted octanol–water partition coefficient (Wildman–Crippen LogP) is -0.436. The lowest BCUT2D eigenvalue weighted by Crippen LogP contribution is -2.62. The topological polar surface area (TPSA) is 46.3 Å². The van der Waals surface area contributed by atoms with Crippen LogP contribution in [0.4, 0.5) is 0 Å². The Morgan fingerprint density at radius 1 is 1.78 bits per heavy atom. The second-order valence-electron chi connectivity index (χ2n) is 2.69. The van der Waals surface area contributed by atoms with Crippen LogP contribution in [0.25, 0.3) is 0 Å². The molecule has 1 fully saturated rings. The number of nitrogens with two attached hydrogens (primary N) is 1. The van der Waals surface area contributed by atoms with Gasteiger partial charge in [0.1, 0.15) is 6.04 Å². The number of rotatable bonds is 1. The minimum absolute atomic E-state index is 0.0880. The van der Waals surface area contributed by atoms with Crippen molar-refractivity contribution >= 4 is 5.91 Å². The number of hydrogen-bond donors (Lipinski definition) is 1. The monoisotopic (exact) mass is 128 g/mol. The van der Waals surface area contributed by atoms with Crippen molar-refractivity contribution in [3.63, 3.8) is 0 Å². The van der Waals surface area contributed by atoms with Crippen LogP contribution >= 0.6 is 0 Å². The van der Waals surface area contributed by atoms with Crippen LogP contribution in [0.1, 0.15) is 13.8 Å². The summed E-state index contributed by atoms with van der Waals surface area (Å²) < 4.78 is 0. The van der Waals surface area contributed by atoms with Crippen molar-refractivity contribution in [3.05, 3.63) is 0 Å². The summed E-state index contributed by atoms with van der Waals surface area (Å²) in [5.41, 5.74) is 5.36. The van der Waals surface area contributed by atoms with Gasteiger partial charge in [0.2, 0.25) is 5.91 Å². The molecule has 0 radical (unpaired) electrons. The van der Waals surface area contributed by atoms with Crippen molar-refractivity contribution in [2.45, 2.75) is 25.9 Å². The second kappa shape index (κ2) is 1.99. The molecule has 52 valence electrons. The Bertz CT molecular complexity index is 133. The highest BCUT2D eigenvalue weighted by atomic mass is 16.2. The third-order valence-electron chi connectivity index (χ3n) is 1.62. The summed E-state index contributed by atoms with van der Waals surface area (Å²) in [6, 6.07) is 0.102. The van der Waals surface area contributed by atoms with Gasteiger partial charge in [0, 0.05) is 12.6 Å². The summed E-state index contributed by atoms with van der Waals surface area (Å²) >= 11 is 0. The average Bonchev–Trinajstić information content (AvgIpc) is 1.81. The zero-order valence-electron chi connectivity index (χ0n) is 5.79. The smallest absolute Gasteiger partial charge is 0.241 e. The van der Waals surface area contributed by atoms with Gasteiger partial charge in [-0.15, -0.1) is 0 Å². The van der Waals surface area contributed by atoms with Crippen LogP contribution in [0, 0.1) is 0 Å². The number of β-lactam (4-membered cyclic amide) rings is 1. The summed E-state index contributed by atoms with van der Waals surface area (Å²) in [6.45, 7) is 4.71. The van der Waals surface area contributed by atoms with E-state index in [1.54, 1.807) is 4.90 Å². The highest BCUT2D eigenvalue weighted by Crippen LogP contribution is 2.10. The van der Waals surface area contributed by atoms with Gasteiger partial charge in [0.15, 0.2) is 0 Å². The quantitative estimate of drug-likeness (QED) is 0.487. The Balaban J connectivity index is 2.42. The predicted molar refractivity (Wildman–Crippen MR) is 34.8 cm³/mol. The fourth-order valence-electron chi connectivity index (χ4n) is 0.946. The molecule has 1 aliphatic heterocycles. The molecular formula is C6H12N2O. The van der Waals surface area contributed by atoms with Gasteiger partial charge in [-0.1, -0.05) is 0 Å². The molecule has 3 nitrogen and oxygen atoms in total. The van der Waals surface area contributed by atoms with E-state index in [-0.39, 0.29) is 11.9 Å². The minimum Gasteiger partial charge on any atom is -0.337 e. The molecule has 0 aromatic heterocycles. The molecule has 1 aliphatic rings. The third-order valence-corrected chi connectivity index (χ3v) is 1.62. The minimum atomic E-state index is -0.215. The molecule has 0 spiro atoms. The molecule has 1 rings (SSSR count). The van der Waals surface area contributed by atoms with E-state index >= 15 is 0 Å². The highest BCUT2D eigenvalue weighted by molar-refractivity contribution is 5.87. The Morgan fingerprint density at radius 2 is 2.33 bits per heavy atom. The molecule has 3 heteroatoms. The van der Waals surface area contributed by atoms with Crippen molar-refractivity contribution in [2.75, 3.05) is 6.54 Å². The van der Waals surface area contributed by atoms with Crippen molar-refractivity contribution < 1.29 is 4.79 Å². The molecule has 0 aromatic carbocycles. The zero-order chi connectivity index (χ0) is 7.02. The van der Waals surface area contributed by atoms with Gasteiger partial charge in [0.25, 0.3) is 0 Å². The summed E-state index contributed by atoms with van der Waals surface area (Å²) in [5, 5.41) is 0. The molecule has 0 bridgehead atoms. The molecule has 0 aromatic rings. The number of amides is 1. The molecule has 1 unspecified atom stereocenters. The fraction of sp³-hybridized carbons (Fsp3) is 0.833. The first-order valence-electron chi connectivity index (χ1n) is 3.19. The van der Waals surface area contributed by atoms with Crippen molar-refractivity contribution in [1.82, 2.24) is 4.90 Å². The molecule has 9 heavy (non-hydrogen) atoms. The van der Waals surface area contributed by atoms with E-state index < -0.39 is 0 Å². The van der Waals surface area contributed by atoms with Gasteiger partial charge in [-0.3, -0.25) is 4.79 Å². The molecular weight excluding hydrogens is 116 g/mol. The van der Waals surface area contributed by atoms with Crippen LogP contribution in [0.2, 0.25) is 0 Å². The van der Waals surface area contributed by atoms with E-state index in [1.165, 1.54) is 0 Å². The van der Waals surface area contributed by atoms with Crippen LogP contribution in [0.15, 0.2) is 0 Å². The van der Waals surface area contributed by atoms with Gasteiger partial charge in [-0.25, -0.2) is 0 Å². The van der Waals surface area contributed by atoms with Crippen LogP contribution in [-0.2, 0) is 4.79 Å². The third kappa shape index (κ3) is 0.920. The maximum absolute atomic E-state index is 10.8. The lowest BCUT2D eigenvalue weighted by Gasteiger charge is -2.39. The second-order valence-corrected chi connectivity index (χ2v) is 2.69. The zero-order valence-corrected chi connectivity index (χ0v) is 5.79. The number of hydrogen-bond acceptors (Lipinski definition) is 2. The summed E-state index contributed by atoms with van der Waals surface area (Å²) in [5.74, 6) is 0.0880. The van der Waals surface area contributed by atoms with E-state index in [0.717, 1.165) is 6.54 Å². The maximum atomic E-state index is 10.8. The number of carbonyl (C=O) groups excluding carboxylic acids is 1. The van der Waals surface area contributed by atoms with E-state index in [9.17, 15) is 4.79 Å². The summed E-state index contributed by atoms with van der Waals surface area (Å²) in [4.78, 5) is 12.6. The Labute approximate surface area is 54.8 Å². The lowest BCUT2D eigenvalue weighted by molar-refractivity contribution is -0.144. The molecule has 2 N–H and O–H groups in total. The van der Waals surface area contributed by atoms with Crippen molar-refractivity contribution in [2.24, 2.45) is 5.73 Å². The summed E-state index contributed by atoms with van der Waals surface area (Å²) in [7, 11) is 0. The number of likely N-dealkylation sites (tertiary alicyclic amines) is 1. The molecule has 1 saturated heterocycles. The van der Waals surface area contributed by atoms with Crippen molar-refractivity contribution in [1.29, 1.82) is 0 Å². The van der Waals surface area contributed by atoms with Crippen LogP contribution < -0.4 is 5.73 Å². The average molecular weight is 128 g/mol. The maximum Gasteiger partial charge on any atom is 0.241 e. The van der Waals surface area contributed by atoms with Gasteiger partial charge in [-0.05, 0) is 13.8 Å². The van der Waals surface area contributed by atoms with Gasteiger partial charge < -0.3 is 10.6 Å². The largest absolute Gasteiger partial charge is 0.337 e. The Morgan fingerprint density at radius 3 is 2.44 bits per heavy atom. The molecule has 0 saturated carbocycles. The van der Waals surface area contributed by atoms with Crippen molar-refractivity contribution in [3.8, 4) is 0 Å². The molecule has 1 amide bonds. The van der Waals surface area contributed by atoms with Crippen LogP contribution in [-0.4, -0.2) is 29.4 Å². The molecule has 0 aliphatic carbocycles. The highest BCUT2D eigenvalue weighted by Gasteiger charge is 2.34. The normalized spacial score (nSPS) is 26.9. The first kappa shape index (κ1) is 6.55. The lowest BCUT2D eigenvalue weighted by atomic mass is 10.1. The van der Waals surface area contributed by atoms with E-state index in [4.69, 9.17) is 5.73 Å².